The van der Waals surface area contributed by atoms with E-state index in [4.69, 9.17) is 11.6 Å². The highest BCUT2D eigenvalue weighted by Crippen LogP contribution is 2.32. The van der Waals surface area contributed by atoms with Gasteiger partial charge >= 0.3 is 0 Å². The number of hydrogen-bond donors (Lipinski definition) is 0. The van der Waals surface area contributed by atoms with Crippen LogP contribution in [-0.2, 0) is 0 Å². The summed E-state index contributed by atoms with van der Waals surface area (Å²) in [6, 6.07) is 7.71. The summed E-state index contributed by atoms with van der Waals surface area (Å²) in [7, 11) is 0. The van der Waals surface area contributed by atoms with Crippen molar-refractivity contribution >= 4 is 43.5 Å². The van der Waals surface area contributed by atoms with E-state index in [1.807, 2.05) is 41.2 Å². The molecule has 0 unspecified atom stereocenters. The Kier molecular flexibility index (Phi) is 3.00. The number of nitrogens with zero attached hydrogens (tertiary/aromatic N) is 1. The Bertz CT molecular complexity index is 428. The van der Waals surface area contributed by atoms with Gasteiger partial charge in [0, 0.05) is 26.4 Å². The van der Waals surface area contributed by atoms with E-state index >= 15 is 0 Å². The minimum Gasteiger partial charge on any atom is -0.322 e. The molecule has 0 bridgehead atoms. The van der Waals surface area contributed by atoms with Gasteiger partial charge < -0.3 is 4.57 Å². The van der Waals surface area contributed by atoms with Gasteiger partial charge in [-0.05, 0) is 56.1 Å². The van der Waals surface area contributed by atoms with Crippen LogP contribution in [0.4, 0.5) is 0 Å². The van der Waals surface area contributed by atoms with Crippen molar-refractivity contribution in [2.24, 2.45) is 0 Å². The van der Waals surface area contributed by atoms with E-state index in [0.29, 0.717) is 5.02 Å². The highest BCUT2D eigenvalue weighted by atomic mass is 79.9. The maximum Gasteiger partial charge on any atom is 0.0736 e. The molecule has 1 aromatic heterocycles. The van der Waals surface area contributed by atoms with Gasteiger partial charge in [0.2, 0.25) is 0 Å². The van der Waals surface area contributed by atoms with Crippen LogP contribution in [0.15, 0.2) is 45.6 Å². The maximum absolute atomic E-state index is 5.91. The van der Waals surface area contributed by atoms with Crippen LogP contribution >= 0.6 is 43.5 Å². The summed E-state index contributed by atoms with van der Waals surface area (Å²) in [6.45, 7) is 0. The van der Waals surface area contributed by atoms with E-state index in [0.717, 1.165) is 14.6 Å². The molecule has 4 heteroatoms. The van der Waals surface area contributed by atoms with Crippen molar-refractivity contribution in [1.82, 2.24) is 4.57 Å². The first-order chi connectivity index (χ1) is 6.68. The largest absolute Gasteiger partial charge is 0.322 e. The summed E-state index contributed by atoms with van der Waals surface area (Å²) in [5.41, 5.74) is 1.06. The van der Waals surface area contributed by atoms with E-state index in [9.17, 15) is 0 Å². The van der Waals surface area contributed by atoms with Gasteiger partial charge in [-0.2, -0.15) is 0 Å². The molecular weight excluding hydrogens is 329 g/mol. The molecule has 0 saturated carbocycles. The van der Waals surface area contributed by atoms with E-state index in [1.165, 1.54) is 0 Å². The second-order valence-corrected chi connectivity index (χ2v) is 4.95. The molecule has 0 radical (unpaired) electrons. The third kappa shape index (κ3) is 1.90. The Hall–Kier alpha value is -0.250. The van der Waals surface area contributed by atoms with Crippen molar-refractivity contribution in [3.63, 3.8) is 0 Å². The van der Waals surface area contributed by atoms with Crippen LogP contribution < -0.4 is 0 Å². The third-order valence-corrected chi connectivity index (χ3v) is 3.27. The first-order valence-electron chi connectivity index (χ1n) is 3.96. The van der Waals surface area contributed by atoms with Crippen LogP contribution in [0.25, 0.3) is 5.69 Å². The summed E-state index contributed by atoms with van der Waals surface area (Å²) < 4.78 is 3.95. The van der Waals surface area contributed by atoms with Crippen molar-refractivity contribution in [2.45, 2.75) is 0 Å². The van der Waals surface area contributed by atoms with Crippen LogP contribution in [0.2, 0.25) is 5.02 Å². The van der Waals surface area contributed by atoms with Gasteiger partial charge in [0.25, 0.3) is 0 Å². The van der Waals surface area contributed by atoms with Crippen LogP contribution in [0.1, 0.15) is 0 Å². The molecule has 0 atom stereocenters. The fraction of sp³-hybridized carbons (Fsp3) is 0. The average Bonchev–Trinajstić information content (AvgIpc) is 2.54. The monoisotopic (exact) mass is 333 g/mol. The van der Waals surface area contributed by atoms with Gasteiger partial charge in [0.1, 0.15) is 0 Å². The first kappa shape index (κ1) is 10.3. The fourth-order valence-corrected chi connectivity index (χ4v) is 3.34. The zero-order valence-electron chi connectivity index (χ0n) is 7.05. The lowest BCUT2D eigenvalue weighted by molar-refractivity contribution is 1.06. The second kappa shape index (κ2) is 4.09. The summed E-state index contributed by atoms with van der Waals surface area (Å²) in [5.74, 6) is 0. The van der Waals surface area contributed by atoms with Crippen molar-refractivity contribution in [1.29, 1.82) is 0 Å². The van der Waals surface area contributed by atoms with Crippen molar-refractivity contribution in [3.8, 4) is 5.69 Å². The molecule has 14 heavy (non-hydrogen) atoms. The summed E-state index contributed by atoms with van der Waals surface area (Å²) in [5, 5.41) is 0.708. The molecule has 0 amide bonds. The molecule has 0 aliphatic rings. The number of aromatic nitrogens is 1. The van der Waals surface area contributed by atoms with Gasteiger partial charge in [-0.3, -0.25) is 0 Å². The summed E-state index contributed by atoms with van der Waals surface area (Å²) >= 11 is 12.9. The Morgan fingerprint density at radius 1 is 1.00 bits per heavy atom. The minimum atomic E-state index is 0.708. The first-order valence-corrected chi connectivity index (χ1v) is 5.93. The third-order valence-electron chi connectivity index (χ3n) is 1.84. The van der Waals surface area contributed by atoms with E-state index in [-0.39, 0.29) is 0 Å². The highest BCUT2D eigenvalue weighted by molar-refractivity contribution is 9.11. The molecule has 1 heterocycles. The lowest BCUT2D eigenvalue weighted by atomic mass is 10.3. The SMILES string of the molecule is Clc1cc(Br)c(-n2cccc2)c(Br)c1. The molecular formula is C10H6Br2ClN. The van der Waals surface area contributed by atoms with Gasteiger partial charge in [0.15, 0.2) is 0 Å². The predicted molar refractivity (Wildman–Crippen MR) is 66.2 cm³/mol. The van der Waals surface area contributed by atoms with Gasteiger partial charge in [-0.25, -0.2) is 0 Å². The zero-order valence-corrected chi connectivity index (χ0v) is 11.0. The molecule has 0 N–H and O–H groups in total. The summed E-state index contributed by atoms with van der Waals surface area (Å²) in [6.07, 6.45) is 3.97. The van der Waals surface area contributed by atoms with E-state index in [1.54, 1.807) is 0 Å². The summed E-state index contributed by atoms with van der Waals surface area (Å²) in [4.78, 5) is 0. The molecule has 0 aliphatic heterocycles. The number of halogens is 3. The number of hydrogen-bond acceptors (Lipinski definition) is 0. The lowest BCUT2D eigenvalue weighted by Crippen LogP contribution is -1.92. The second-order valence-electron chi connectivity index (χ2n) is 2.81. The molecule has 0 spiro atoms. The van der Waals surface area contributed by atoms with Crippen LogP contribution in [0, 0.1) is 0 Å². The number of rotatable bonds is 1. The Balaban J connectivity index is 2.64. The predicted octanol–water partition coefficient (Wildman–Crippen LogP) is 4.66. The normalized spacial score (nSPS) is 10.5. The molecule has 0 fully saturated rings. The van der Waals surface area contributed by atoms with Gasteiger partial charge in [0.05, 0.1) is 5.69 Å². The Labute approximate surface area is 104 Å². The van der Waals surface area contributed by atoms with Gasteiger partial charge in [-0.1, -0.05) is 11.6 Å². The highest BCUT2D eigenvalue weighted by Gasteiger charge is 2.07. The quantitative estimate of drug-likeness (QED) is 0.714. The number of benzene rings is 1. The minimum absolute atomic E-state index is 0.708. The smallest absolute Gasteiger partial charge is 0.0736 e. The van der Waals surface area contributed by atoms with Crippen molar-refractivity contribution < 1.29 is 0 Å². The van der Waals surface area contributed by atoms with Crippen molar-refractivity contribution in [3.05, 3.63) is 50.6 Å². The molecule has 2 rings (SSSR count). The standard InChI is InChI=1S/C10H6Br2ClN/c11-8-5-7(13)6-9(12)10(8)14-3-1-2-4-14/h1-6H. The van der Waals surface area contributed by atoms with Crippen LogP contribution in [-0.4, -0.2) is 4.57 Å². The Morgan fingerprint density at radius 2 is 1.50 bits per heavy atom. The molecule has 1 nitrogen and oxygen atoms in total. The van der Waals surface area contributed by atoms with Crippen LogP contribution in [0.5, 0.6) is 0 Å². The topological polar surface area (TPSA) is 4.93 Å². The average molecular weight is 335 g/mol. The molecule has 2 aromatic rings. The maximum atomic E-state index is 5.91. The zero-order chi connectivity index (χ0) is 10.1. The van der Waals surface area contributed by atoms with E-state index in [2.05, 4.69) is 31.9 Å². The Morgan fingerprint density at radius 3 is 2.00 bits per heavy atom. The molecule has 1 aromatic carbocycles. The lowest BCUT2D eigenvalue weighted by Gasteiger charge is -2.09. The van der Waals surface area contributed by atoms with Crippen LogP contribution in [0.3, 0.4) is 0 Å². The molecule has 0 aliphatic carbocycles. The fourth-order valence-electron chi connectivity index (χ4n) is 1.26. The molecule has 0 saturated heterocycles. The van der Waals surface area contributed by atoms with Gasteiger partial charge in [-0.15, -0.1) is 0 Å². The van der Waals surface area contributed by atoms with Crippen molar-refractivity contribution in [2.75, 3.05) is 0 Å². The molecule has 72 valence electrons. The van der Waals surface area contributed by atoms with E-state index < -0.39 is 0 Å².